The molecule has 2 aromatic rings. The Bertz CT molecular complexity index is 972. The van der Waals surface area contributed by atoms with Crippen LogP contribution in [0.25, 0.3) is 0 Å². The molecular formula is C19H20N2O5S. The van der Waals surface area contributed by atoms with E-state index in [9.17, 15) is 18.0 Å². The third-order valence-electron chi connectivity index (χ3n) is 4.25. The molecule has 2 aromatic carbocycles. The first-order valence-corrected chi connectivity index (χ1v) is 10.1. The van der Waals surface area contributed by atoms with Crippen molar-refractivity contribution < 1.29 is 22.7 Å². The van der Waals surface area contributed by atoms with Gasteiger partial charge in [0.25, 0.3) is 5.91 Å². The highest BCUT2D eigenvalue weighted by Gasteiger charge is 2.36. The van der Waals surface area contributed by atoms with Gasteiger partial charge in [-0.25, -0.2) is 12.7 Å². The number of carbonyl (C=O) groups is 2. The van der Waals surface area contributed by atoms with Crippen LogP contribution in [0.2, 0.25) is 0 Å². The van der Waals surface area contributed by atoms with Gasteiger partial charge in [0.05, 0.1) is 18.6 Å². The molecule has 0 spiro atoms. The maximum Gasteiger partial charge on any atom is 0.251 e. The van der Waals surface area contributed by atoms with Crippen molar-refractivity contribution in [3.63, 3.8) is 0 Å². The molecule has 1 heterocycles. The van der Waals surface area contributed by atoms with Gasteiger partial charge in [-0.1, -0.05) is 18.2 Å². The standard InChI is InChI=1S/C19H20N2O5S/c1-26-17-7-2-4-14(12-17)8-10-20-19(23)15-5-3-6-16(13-15)21-18(22)9-11-27(21,24)25/h2-7,12-13H,8-11H2,1H3,(H,20,23). The molecule has 1 aliphatic rings. The summed E-state index contributed by atoms with van der Waals surface area (Å²) in [7, 11) is -2.05. The van der Waals surface area contributed by atoms with Crippen LogP contribution in [0.3, 0.4) is 0 Å². The molecule has 1 N–H and O–H groups in total. The highest BCUT2D eigenvalue weighted by Crippen LogP contribution is 2.25. The quantitative estimate of drug-likeness (QED) is 0.814. The second kappa shape index (κ2) is 7.79. The number of nitrogens with one attached hydrogen (secondary N) is 1. The fourth-order valence-corrected chi connectivity index (χ4v) is 4.34. The first kappa shape index (κ1) is 18.9. The van der Waals surface area contributed by atoms with E-state index < -0.39 is 15.9 Å². The van der Waals surface area contributed by atoms with Gasteiger partial charge in [0, 0.05) is 18.5 Å². The summed E-state index contributed by atoms with van der Waals surface area (Å²) in [6.45, 7) is 0.414. The summed E-state index contributed by atoms with van der Waals surface area (Å²) in [5.74, 6) is -0.264. The second-order valence-electron chi connectivity index (χ2n) is 6.13. The van der Waals surface area contributed by atoms with Gasteiger partial charge in [-0.2, -0.15) is 0 Å². The number of carbonyl (C=O) groups excluding carboxylic acids is 2. The van der Waals surface area contributed by atoms with Gasteiger partial charge in [-0.15, -0.1) is 0 Å². The number of hydrogen-bond donors (Lipinski definition) is 1. The number of amides is 2. The largest absolute Gasteiger partial charge is 0.497 e. The van der Waals surface area contributed by atoms with Gasteiger partial charge in [0.1, 0.15) is 5.75 Å². The first-order chi connectivity index (χ1) is 12.9. The van der Waals surface area contributed by atoms with Gasteiger partial charge in [-0.05, 0) is 42.3 Å². The highest BCUT2D eigenvalue weighted by atomic mass is 32.2. The molecule has 0 aromatic heterocycles. The van der Waals surface area contributed by atoms with E-state index in [0.717, 1.165) is 15.6 Å². The number of anilines is 1. The monoisotopic (exact) mass is 388 g/mol. The zero-order valence-corrected chi connectivity index (χ0v) is 15.7. The van der Waals surface area contributed by atoms with Crippen molar-refractivity contribution >= 4 is 27.5 Å². The minimum absolute atomic E-state index is 0.0424. The van der Waals surface area contributed by atoms with Crippen molar-refractivity contribution in [1.82, 2.24) is 5.32 Å². The normalized spacial score (nSPS) is 15.6. The van der Waals surface area contributed by atoms with E-state index in [1.807, 2.05) is 24.3 Å². The van der Waals surface area contributed by atoms with Crippen molar-refractivity contribution in [2.75, 3.05) is 23.7 Å². The predicted octanol–water partition coefficient (Wildman–Crippen LogP) is 1.73. The van der Waals surface area contributed by atoms with Gasteiger partial charge >= 0.3 is 0 Å². The zero-order valence-electron chi connectivity index (χ0n) is 14.8. The Labute approximate surface area is 158 Å². The van der Waals surface area contributed by atoms with E-state index in [1.165, 1.54) is 12.1 Å². The fraction of sp³-hybridized carbons (Fsp3) is 0.263. The molecule has 0 aliphatic carbocycles. The Morgan fingerprint density at radius 2 is 1.96 bits per heavy atom. The van der Waals surface area contributed by atoms with Crippen LogP contribution in [-0.2, 0) is 21.2 Å². The minimum atomic E-state index is -3.65. The molecular weight excluding hydrogens is 368 g/mol. The number of benzene rings is 2. The van der Waals surface area contributed by atoms with E-state index >= 15 is 0 Å². The lowest BCUT2D eigenvalue weighted by Gasteiger charge is -2.15. The summed E-state index contributed by atoms with van der Waals surface area (Å²) in [6, 6.07) is 13.6. The molecule has 142 valence electrons. The lowest BCUT2D eigenvalue weighted by molar-refractivity contribution is -0.116. The average Bonchev–Trinajstić information content (AvgIpc) is 2.94. The SMILES string of the molecule is COc1cccc(CCNC(=O)c2cccc(N3C(=O)CCS3(=O)=O)c2)c1. The van der Waals surface area contributed by atoms with Crippen LogP contribution in [-0.4, -0.2) is 39.6 Å². The summed E-state index contributed by atoms with van der Waals surface area (Å²) in [4.78, 5) is 24.3. The summed E-state index contributed by atoms with van der Waals surface area (Å²) >= 11 is 0. The third kappa shape index (κ3) is 4.28. The summed E-state index contributed by atoms with van der Waals surface area (Å²) in [5, 5.41) is 2.80. The lowest BCUT2D eigenvalue weighted by Crippen LogP contribution is -2.30. The summed E-state index contributed by atoms with van der Waals surface area (Å²) < 4.78 is 30.0. The molecule has 0 bridgehead atoms. The van der Waals surface area contributed by atoms with Crippen molar-refractivity contribution in [3.8, 4) is 5.75 Å². The molecule has 0 atom stereocenters. The molecule has 1 fully saturated rings. The Balaban J connectivity index is 1.66. The summed E-state index contributed by atoms with van der Waals surface area (Å²) in [6.07, 6.45) is 0.584. The van der Waals surface area contributed by atoms with Crippen LogP contribution in [0, 0.1) is 0 Å². The van der Waals surface area contributed by atoms with Gasteiger partial charge < -0.3 is 10.1 Å². The van der Waals surface area contributed by atoms with Gasteiger partial charge in [-0.3, -0.25) is 9.59 Å². The number of ether oxygens (including phenoxy) is 1. The van der Waals surface area contributed by atoms with Crippen LogP contribution in [0.15, 0.2) is 48.5 Å². The predicted molar refractivity (Wildman–Crippen MR) is 101 cm³/mol. The lowest BCUT2D eigenvalue weighted by atomic mass is 10.1. The van der Waals surface area contributed by atoms with Gasteiger partial charge in [0.15, 0.2) is 0 Å². The molecule has 0 radical (unpaired) electrons. The molecule has 3 rings (SSSR count). The molecule has 7 nitrogen and oxygen atoms in total. The Morgan fingerprint density at radius 1 is 1.19 bits per heavy atom. The van der Waals surface area contributed by atoms with Gasteiger partial charge in [0.2, 0.25) is 15.9 Å². The Kier molecular flexibility index (Phi) is 5.46. The van der Waals surface area contributed by atoms with Crippen molar-refractivity contribution in [2.45, 2.75) is 12.8 Å². The highest BCUT2D eigenvalue weighted by molar-refractivity contribution is 7.94. The first-order valence-electron chi connectivity index (χ1n) is 8.48. The van der Waals surface area contributed by atoms with E-state index in [-0.39, 0.29) is 23.8 Å². The Hall–Kier alpha value is -2.87. The van der Waals surface area contributed by atoms with Crippen LogP contribution in [0.5, 0.6) is 5.75 Å². The topological polar surface area (TPSA) is 92.8 Å². The van der Waals surface area contributed by atoms with Crippen LogP contribution in [0.1, 0.15) is 22.3 Å². The number of nitrogens with zero attached hydrogens (tertiary/aromatic N) is 1. The number of hydrogen-bond acceptors (Lipinski definition) is 5. The van der Waals surface area contributed by atoms with E-state index in [0.29, 0.717) is 18.5 Å². The molecule has 1 aliphatic heterocycles. The fourth-order valence-electron chi connectivity index (χ4n) is 2.89. The minimum Gasteiger partial charge on any atom is -0.497 e. The summed E-state index contributed by atoms with van der Waals surface area (Å²) in [5.41, 5.74) is 1.52. The molecule has 2 amide bonds. The number of methoxy groups -OCH3 is 1. The van der Waals surface area contributed by atoms with E-state index in [2.05, 4.69) is 5.32 Å². The maximum atomic E-state index is 12.4. The number of rotatable bonds is 6. The van der Waals surface area contributed by atoms with Crippen LogP contribution < -0.4 is 14.4 Å². The van der Waals surface area contributed by atoms with Crippen LogP contribution in [0.4, 0.5) is 5.69 Å². The Morgan fingerprint density at radius 3 is 2.67 bits per heavy atom. The van der Waals surface area contributed by atoms with Crippen molar-refractivity contribution in [3.05, 3.63) is 59.7 Å². The van der Waals surface area contributed by atoms with E-state index in [1.54, 1.807) is 19.2 Å². The average molecular weight is 388 g/mol. The van der Waals surface area contributed by atoms with E-state index in [4.69, 9.17) is 4.74 Å². The van der Waals surface area contributed by atoms with Crippen molar-refractivity contribution in [2.24, 2.45) is 0 Å². The maximum absolute atomic E-state index is 12.4. The molecule has 0 saturated carbocycles. The number of sulfonamides is 1. The molecule has 8 heteroatoms. The molecule has 1 saturated heterocycles. The van der Waals surface area contributed by atoms with Crippen LogP contribution >= 0.6 is 0 Å². The van der Waals surface area contributed by atoms with Crippen molar-refractivity contribution in [1.29, 1.82) is 0 Å². The third-order valence-corrected chi connectivity index (χ3v) is 5.95. The zero-order chi connectivity index (χ0) is 19.4. The molecule has 27 heavy (non-hydrogen) atoms. The second-order valence-corrected chi connectivity index (χ2v) is 8.07. The molecule has 0 unspecified atom stereocenters. The smallest absolute Gasteiger partial charge is 0.251 e.